The smallest absolute Gasteiger partial charge is 0.227 e. The molecule has 3 atom stereocenters. The summed E-state index contributed by atoms with van der Waals surface area (Å²) in [5.74, 6) is 1.05. The van der Waals surface area contributed by atoms with Crippen molar-refractivity contribution in [3.63, 3.8) is 0 Å². The average Bonchev–Trinajstić information content (AvgIpc) is 3.02. The fourth-order valence-electron chi connectivity index (χ4n) is 7.71. The predicted octanol–water partition coefficient (Wildman–Crippen LogP) is 5.47. The molecule has 7 nitrogen and oxygen atoms in total. The second-order valence-electron chi connectivity index (χ2n) is 13.7. The van der Waals surface area contributed by atoms with Crippen molar-refractivity contribution in [1.29, 1.82) is 0 Å². The first kappa shape index (κ1) is 33.0. The minimum atomic E-state index is 0.0156. The molecule has 0 aromatic heterocycles. The molecule has 5 rings (SSSR count). The van der Waals surface area contributed by atoms with Gasteiger partial charge >= 0.3 is 0 Å². The van der Waals surface area contributed by atoms with Gasteiger partial charge in [-0.2, -0.15) is 0 Å². The largest absolute Gasteiger partial charge is 0.370 e. The van der Waals surface area contributed by atoms with Crippen molar-refractivity contribution in [2.75, 3.05) is 26.2 Å². The van der Waals surface area contributed by atoms with E-state index in [0.717, 1.165) is 50.9 Å². The molecule has 1 amide bonds. The molecule has 2 aliphatic rings. The Kier molecular flexibility index (Phi) is 11.5. The van der Waals surface area contributed by atoms with Crippen molar-refractivity contribution in [2.24, 2.45) is 28.1 Å². The summed E-state index contributed by atoms with van der Waals surface area (Å²) in [4.78, 5) is 23.3. The van der Waals surface area contributed by atoms with E-state index in [1.54, 1.807) is 0 Å². The number of amides is 1. The second kappa shape index (κ2) is 15.7. The van der Waals surface area contributed by atoms with Gasteiger partial charge in [-0.25, -0.2) is 0 Å². The van der Waals surface area contributed by atoms with Gasteiger partial charge in [-0.3, -0.25) is 14.7 Å². The molecule has 1 heterocycles. The summed E-state index contributed by atoms with van der Waals surface area (Å²) in [6.45, 7) is 7.32. The number of aliphatic imine (C=N–C) groups is 1. The van der Waals surface area contributed by atoms with Gasteiger partial charge < -0.3 is 22.1 Å². The van der Waals surface area contributed by atoms with Crippen LogP contribution in [0.25, 0.3) is 10.8 Å². The van der Waals surface area contributed by atoms with Crippen LogP contribution in [-0.2, 0) is 17.6 Å². The van der Waals surface area contributed by atoms with Crippen LogP contribution < -0.4 is 17.2 Å². The molecule has 0 spiro atoms. The van der Waals surface area contributed by atoms with Crippen LogP contribution in [0.3, 0.4) is 0 Å². The van der Waals surface area contributed by atoms with E-state index in [1.165, 1.54) is 59.6 Å². The molecule has 2 fully saturated rings. The number of aryl methyl sites for hydroxylation is 2. The lowest BCUT2D eigenvalue weighted by molar-refractivity contribution is -0.138. The number of hydrogen-bond acceptors (Lipinski definition) is 4. The van der Waals surface area contributed by atoms with Crippen LogP contribution in [0.2, 0.25) is 0 Å². The first-order chi connectivity index (χ1) is 21.7. The molecule has 3 aromatic rings. The van der Waals surface area contributed by atoms with Crippen LogP contribution in [0.15, 0.2) is 65.7 Å². The fraction of sp³-hybridized carbons (Fsp3) is 0.526. The molecular weight excluding hydrogens is 556 g/mol. The molecule has 6 N–H and O–H groups in total. The topological polar surface area (TPSA) is 114 Å². The summed E-state index contributed by atoms with van der Waals surface area (Å²) >= 11 is 0. The summed E-state index contributed by atoms with van der Waals surface area (Å²) in [5, 5.41) is 2.39. The monoisotopic (exact) mass is 610 g/mol. The highest BCUT2D eigenvalue weighted by Crippen LogP contribution is 2.32. The summed E-state index contributed by atoms with van der Waals surface area (Å²) in [6.07, 6.45) is 10.6. The van der Waals surface area contributed by atoms with Crippen molar-refractivity contribution in [2.45, 2.75) is 96.2 Å². The SMILES string of the molecule is Cc1ccc(C[C@@H](N)CN2C[C@@H](CC3CCCCC3)N(C(=O)Cc3ccc4ccccc4c3)C[C@@H]2CCCN=C(N)N)c(C)c1. The van der Waals surface area contributed by atoms with E-state index >= 15 is 0 Å². The molecular formula is C38H54N6O. The van der Waals surface area contributed by atoms with Gasteiger partial charge in [-0.1, -0.05) is 98.3 Å². The summed E-state index contributed by atoms with van der Waals surface area (Å²) < 4.78 is 0. The average molecular weight is 611 g/mol. The Morgan fingerprint density at radius 1 is 0.933 bits per heavy atom. The third kappa shape index (κ3) is 9.30. The normalized spacial score (nSPS) is 20.3. The number of nitrogens with two attached hydrogens (primary N) is 3. The zero-order chi connectivity index (χ0) is 31.8. The van der Waals surface area contributed by atoms with E-state index in [2.05, 4.69) is 89.3 Å². The highest BCUT2D eigenvalue weighted by atomic mass is 16.2. The fourth-order valence-corrected chi connectivity index (χ4v) is 7.71. The van der Waals surface area contributed by atoms with Crippen LogP contribution in [0.4, 0.5) is 0 Å². The Hall–Kier alpha value is -3.42. The number of benzene rings is 3. The maximum atomic E-state index is 14.2. The lowest BCUT2D eigenvalue weighted by atomic mass is 9.83. The molecule has 3 aromatic carbocycles. The van der Waals surface area contributed by atoms with Crippen molar-refractivity contribution >= 4 is 22.6 Å². The second-order valence-corrected chi connectivity index (χ2v) is 13.7. The highest BCUT2D eigenvalue weighted by molar-refractivity contribution is 5.85. The van der Waals surface area contributed by atoms with E-state index in [-0.39, 0.29) is 30.0 Å². The molecule has 242 valence electrons. The van der Waals surface area contributed by atoms with E-state index in [0.29, 0.717) is 18.9 Å². The van der Waals surface area contributed by atoms with E-state index < -0.39 is 0 Å². The molecule has 1 aliphatic carbocycles. The lowest BCUT2D eigenvalue weighted by Crippen LogP contribution is -2.62. The van der Waals surface area contributed by atoms with Crippen LogP contribution in [0.5, 0.6) is 0 Å². The van der Waals surface area contributed by atoms with Crippen LogP contribution in [0, 0.1) is 19.8 Å². The maximum Gasteiger partial charge on any atom is 0.227 e. The van der Waals surface area contributed by atoms with Crippen molar-refractivity contribution in [1.82, 2.24) is 9.80 Å². The molecule has 45 heavy (non-hydrogen) atoms. The van der Waals surface area contributed by atoms with E-state index in [4.69, 9.17) is 17.2 Å². The van der Waals surface area contributed by atoms with Gasteiger partial charge in [0.25, 0.3) is 0 Å². The zero-order valence-electron chi connectivity index (χ0n) is 27.5. The van der Waals surface area contributed by atoms with Gasteiger partial charge in [0.1, 0.15) is 0 Å². The van der Waals surface area contributed by atoms with E-state index in [9.17, 15) is 4.79 Å². The standard InChI is InChI=1S/C38H54N6O/c1-27-14-16-32(28(2)19-27)23-34(39)24-43-25-36(21-29-9-4-3-5-10-29)44(26-35(43)13-8-18-42-38(40)41)37(45)22-30-15-17-31-11-6-7-12-33(31)20-30/h6-7,11-12,14-17,19-20,29,34-36H,3-5,8-10,13,18,21-26,39H2,1-2H3,(H4,40,41,42)/t34-,35+,36-/m1/s1. The van der Waals surface area contributed by atoms with Gasteiger partial charge in [-0.05, 0) is 72.9 Å². The molecule has 0 radical (unpaired) electrons. The number of nitrogens with zero attached hydrogens (tertiary/aromatic N) is 3. The van der Waals surface area contributed by atoms with Gasteiger partial charge in [0.05, 0.1) is 6.42 Å². The third-order valence-electron chi connectivity index (χ3n) is 10.1. The van der Waals surface area contributed by atoms with Crippen molar-refractivity contribution < 1.29 is 4.79 Å². The highest BCUT2D eigenvalue weighted by Gasteiger charge is 2.37. The number of carbonyl (C=O) groups excluding carboxylic acids is 1. The Morgan fingerprint density at radius 2 is 1.71 bits per heavy atom. The maximum absolute atomic E-state index is 14.2. The first-order valence-electron chi connectivity index (χ1n) is 17.1. The Labute approximate surface area is 270 Å². The summed E-state index contributed by atoms with van der Waals surface area (Å²) in [5.41, 5.74) is 23.1. The number of rotatable bonds is 12. The number of guanidine groups is 1. The number of carbonyl (C=O) groups is 1. The zero-order valence-corrected chi connectivity index (χ0v) is 27.5. The molecule has 0 bridgehead atoms. The number of piperazine rings is 1. The minimum Gasteiger partial charge on any atom is -0.370 e. The van der Waals surface area contributed by atoms with Crippen LogP contribution in [0.1, 0.15) is 73.6 Å². The third-order valence-corrected chi connectivity index (χ3v) is 10.1. The Morgan fingerprint density at radius 3 is 2.47 bits per heavy atom. The van der Waals surface area contributed by atoms with E-state index in [1.807, 2.05) is 0 Å². The molecule has 1 saturated heterocycles. The van der Waals surface area contributed by atoms with Crippen LogP contribution >= 0.6 is 0 Å². The van der Waals surface area contributed by atoms with Gasteiger partial charge in [-0.15, -0.1) is 0 Å². The number of fused-ring (bicyclic) bond motifs is 1. The lowest BCUT2D eigenvalue weighted by Gasteiger charge is -2.48. The van der Waals surface area contributed by atoms with Crippen molar-refractivity contribution in [3.8, 4) is 0 Å². The Bertz CT molecular complexity index is 1440. The van der Waals surface area contributed by atoms with Gasteiger partial charge in [0, 0.05) is 44.3 Å². The first-order valence-corrected chi connectivity index (χ1v) is 17.1. The molecule has 1 saturated carbocycles. The number of hydrogen-bond donors (Lipinski definition) is 3. The van der Waals surface area contributed by atoms with Crippen LogP contribution in [-0.4, -0.2) is 66.0 Å². The van der Waals surface area contributed by atoms with Crippen molar-refractivity contribution in [3.05, 3.63) is 82.9 Å². The Balaban J connectivity index is 1.35. The quantitative estimate of drug-likeness (QED) is 0.143. The predicted molar refractivity (Wildman–Crippen MR) is 187 cm³/mol. The molecule has 7 heteroatoms. The summed E-state index contributed by atoms with van der Waals surface area (Å²) in [7, 11) is 0. The molecule has 0 unspecified atom stereocenters. The summed E-state index contributed by atoms with van der Waals surface area (Å²) in [6, 6.07) is 21.9. The minimum absolute atomic E-state index is 0.0156. The van der Waals surface area contributed by atoms with Gasteiger partial charge in [0.15, 0.2) is 5.96 Å². The molecule has 1 aliphatic heterocycles. The van der Waals surface area contributed by atoms with Gasteiger partial charge in [0.2, 0.25) is 5.91 Å².